The quantitative estimate of drug-likeness (QED) is 0.667. The zero-order chi connectivity index (χ0) is 13.1. The van der Waals surface area contributed by atoms with Gasteiger partial charge in [0.2, 0.25) is 10.0 Å². The molecule has 1 atom stereocenters. The highest BCUT2D eigenvalue weighted by Crippen LogP contribution is 2.09. The molecule has 3 N–H and O–H groups in total. The minimum atomic E-state index is -4.02. The molecule has 1 rings (SSSR count). The largest absolute Gasteiger partial charge is 0.479 e. The molecule has 0 amide bonds. The molecule has 94 valence electrons. The summed E-state index contributed by atoms with van der Waals surface area (Å²) in [5.74, 6) is -2.28. The molecule has 6 nitrogen and oxygen atoms in total. The second-order valence-corrected chi connectivity index (χ2v) is 4.93. The van der Waals surface area contributed by atoms with Crippen molar-refractivity contribution in [1.29, 1.82) is 0 Å². The van der Waals surface area contributed by atoms with E-state index in [9.17, 15) is 17.6 Å². The Kier molecular flexibility index (Phi) is 4.16. The zero-order valence-electron chi connectivity index (χ0n) is 8.50. The normalized spacial score (nSPS) is 13.3. The van der Waals surface area contributed by atoms with Crippen molar-refractivity contribution in [3.8, 4) is 0 Å². The predicted octanol–water partition coefficient (Wildman–Crippen LogP) is -0.450. The van der Waals surface area contributed by atoms with Crippen LogP contribution >= 0.6 is 0 Å². The maximum absolute atomic E-state index is 12.8. The minimum absolute atomic E-state index is 0.338. The van der Waals surface area contributed by atoms with Gasteiger partial charge in [0.1, 0.15) is 5.82 Å². The summed E-state index contributed by atoms with van der Waals surface area (Å²) in [6.07, 6.45) is -1.85. The van der Waals surface area contributed by atoms with Crippen LogP contribution in [0.25, 0.3) is 0 Å². The number of carbonyl (C=O) groups is 1. The van der Waals surface area contributed by atoms with Gasteiger partial charge in [-0.15, -0.1) is 0 Å². The Morgan fingerprint density at radius 3 is 2.65 bits per heavy atom. The van der Waals surface area contributed by atoms with Gasteiger partial charge in [-0.2, -0.15) is 0 Å². The molecule has 17 heavy (non-hydrogen) atoms. The van der Waals surface area contributed by atoms with Gasteiger partial charge in [-0.05, 0) is 18.2 Å². The first kappa shape index (κ1) is 13.6. The Balaban J connectivity index is 2.79. The molecule has 0 aromatic heterocycles. The molecule has 8 heteroatoms. The summed E-state index contributed by atoms with van der Waals surface area (Å²) in [4.78, 5) is 9.92. The molecule has 0 saturated carbocycles. The number of aliphatic hydroxyl groups is 1. The highest BCUT2D eigenvalue weighted by atomic mass is 32.2. The van der Waals surface area contributed by atoms with Gasteiger partial charge in [-0.3, -0.25) is 0 Å². The Hall–Kier alpha value is -1.51. The third kappa shape index (κ3) is 3.77. The Labute approximate surface area is 96.8 Å². The summed E-state index contributed by atoms with van der Waals surface area (Å²) in [6.45, 7) is -0.686. The number of sulfonamides is 1. The van der Waals surface area contributed by atoms with Gasteiger partial charge in [0.15, 0.2) is 6.10 Å². The number of hydrogen-bond donors (Lipinski definition) is 3. The number of aliphatic carboxylic acids is 1. The lowest BCUT2D eigenvalue weighted by Gasteiger charge is -2.08. The van der Waals surface area contributed by atoms with Gasteiger partial charge in [-0.25, -0.2) is 22.3 Å². The molecule has 0 aliphatic heterocycles. The van der Waals surface area contributed by atoms with Crippen molar-refractivity contribution in [3.63, 3.8) is 0 Å². The van der Waals surface area contributed by atoms with E-state index < -0.39 is 34.5 Å². The molecule has 0 unspecified atom stereocenters. The molecule has 0 saturated heterocycles. The number of aliphatic hydroxyl groups excluding tert-OH is 1. The second kappa shape index (κ2) is 5.21. The fourth-order valence-corrected chi connectivity index (χ4v) is 2.06. The van der Waals surface area contributed by atoms with Crippen LogP contribution in [-0.2, 0) is 14.8 Å². The average molecular weight is 263 g/mol. The van der Waals surface area contributed by atoms with Crippen LogP contribution in [0, 0.1) is 5.82 Å². The third-order valence-electron chi connectivity index (χ3n) is 1.86. The fraction of sp³-hybridized carbons (Fsp3) is 0.222. The third-order valence-corrected chi connectivity index (χ3v) is 3.28. The Morgan fingerprint density at radius 2 is 2.12 bits per heavy atom. The molecule has 0 radical (unpaired) electrons. The highest BCUT2D eigenvalue weighted by molar-refractivity contribution is 7.89. The number of benzene rings is 1. The maximum Gasteiger partial charge on any atom is 0.333 e. The predicted molar refractivity (Wildman–Crippen MR) is 55.2 cm³/mol. The van der Waals surface area contributed by atoms with Crippen molar-refractivity contribution >= 4 is 16.0 Å². The molecule has 0 bridgehead atoms. The van der Waals surface area contributed by atoms with E-state index in [1.807, 2.05) is 4.72 Å². The molecule has 1 aromatic rings. The molecule has 0 aliphatic rings. The van der Waals surface area contributed by atoms with Crippen molar-refractivity contribution in [3.05, 3.63) is 30.1 Å². The van der Waals surface area contributed by atoms with Crippen LogP contribution in [0.2, 0.25) is 0 Å². The van der Waals surface area contributed by atoms with Crippen molar-refractivity contribution in [2.75, 3.05) is 6.54 Å². The van der Waals surface area contributed by atoms with Gasteiger partial charge >= 0.3 is 5.97 Å². The Morgan fingerprint density at radius 1 is 1.47 bits per heavy atom. The number of carboxylic acids is 1. The van der Waals surface area contributed by atoms with Crippen molar-refractivity contribution in [2.24, 2.45) is 0 Å². The first-order chi connectivity index (χ1) is 7.83. The lowest BCUT2D eigenvalue weighted by atomic mass is 10.4. The topological polar surface area (TPSA) is 104 Å². The van der Waals surface area contributed by atoms with Crippen LogP contribution in [-0.4, -0.2) is 37.2 Å². The van der Waals surface area contributed by atoms with Crippen LogP contribution in [0.5, 0.6) is 0 Å². The summed E-state index contributed by atoms with van der Waals surface area (Å²) in [7, 11) is -4.02. The van der Waals surface area contributed by atoms with Crippen LogP contribution in [0.15, 0.2) is 29.2 Å². The van der Waals surface area contributed by atoms with E-state index in [0.717, 1.165) is 18.2 Å². The summed E-state index contributed by atoms with van der Waals surface area (Å²) in [5, 5.41) is 17.2. The van der Waals surface area contributed by atoms with E-state index in [2.05, 4.69) is 0 Å². The number of rotatable bonds is 5. The van der Waals surface area contributed by atoms with Gasteiger partial charge in [0, 0.05) is 6.54 Å². The van der Waals surface area contributed by atoms with E-state index in [1.54, 1.807) is 0 Å². The minimum Gasteiger partial charge on any atom is -0.479 e. The molecule has 0 aliphatic carbocycles. The van der Waals surface area contributed by atoms with E-state index in [0.29, 0.717) is 0 Å². The summed E-state index contributed by atoms with van der Waals surface area (Å²) >= 11 is 0. The van der Waals surface area contributed by atoms with E-state index in [1.165, 1.54) is 6.07 Å². The fourth-order valence-electron chi connectivity index (χ4n) is 0.993. The van der Waals surface area contributed by atoms with E-state index in [-0.39, 0.29) is 4.90 Å². The van der Waals surface area contributed by atoms with Crippen LogP contribution in [0.1, 0.15) is 0 Å². The molecule has 1 aromatic carbocycles. The number of nitrogens with one attached hydrogen (secondary N) is 1. The standard InChI is InChI=1S/C9H10FNO5S/c10-6-2-1-3-7(4-6)17(15,16)11-5-8(12)9(13)14/h1-4,8,11-12H,5H2,(H,13,14)/t8-/m0/s1. The molecule has 0 spiro atoms. The monoisotopic (exact) mass is 263 g/mol. The van der Waals surface area contributed by atoms with Crippen molar-refractivity contribution in [1.82, 2.24) is 4.72 Å². The first-order valence-electron chi connectivity index (χ1n) is 4.49. The van der Waals surface area contributed by atoms with Crippen molar-refractivity contribution in [2.45, 2.75) is 11.0 Å². The highest BCUT2D eigenvalue weighted by Gasteiger charge is 2.19. The molecule has 0 heterocycles. The lowest BCUT2D eigenvalue weighted by molar-refractivity contribution is -0.146. The first-order valence-corrected chi connectivity index (χ1v) is 5.97. The van der Waals surface area contributed by atoms with Gasteiger partial charge in [0.25, 0.3) is 0 Å². The summed E-state index contributed by atoms with van der Waals surface area (Å²) < 4.78 is 37.7. The summed E-state index contributed by atoms with van der Waals surface area (Å²) in [6, 6.07) is 4.22. The summed E-state index contributed by atoms with van der Waals surface area (Å²) in [5.41, 5.74) is 0. The Bertz CT molecular complexity index is 516. The van der Waals surface area contributed by atoms with Crippen LogP contribution in [0.3, 0.4) is 0 Å². The number of hydrogen-bond acceptors (Lipinski definition) is 4. The van der Waals surface area contributed by atoms with Crippen LogP contribution < -0.4 is 4.72 Å². The smallest absolute Gasteiger partial charge is 0.333 e. The van der Waals surface area contributed by atoms with Gasteiger partial charge in [0.05, 0.1) is 4.90 Å². The average Bonchev–Trinajstić information content (AvgIpc) is 2.26. The maximum atomic E-state index is 12.8. The number of carboxylic acid groups (broad SMARTS) is 1. The molecular weight excluding hydrogens is 253 g/mol. The molecular formula is C9H10FNO5S. The lowest BCUT2D eigenvalue weighted by Crippen LogP contribution is -2.36. The SMILES string of the molecule is O=C(O)[C@@H](O)CNS(=O)(=O)c1cccc(F)c1. The van der Waals surface area contributed by atoms with E-state index >= 15 is 0 Å². The van der Waals surface area contributed by atoms with Crippen LogP contribution in [0.4, 0.5) is 4.39 Å². The number of halogens is 1. The van der Waals surface area contributed by atoms with Gasteiger partial charge in [-0.1, -0.05) is 6.07 Å². The molecule has 0 fully saturated rings. The zero-order valence-corrected chi connectivity index (χ0v) is 9.32. The van der Waals surface area contributed by atoms with Crippen molar-refractivity contribution < 1.29 is 27.8 Å². The van der Waals surface area contributed by atoms with Gasteiger partial charge < -0.3 is 10.2 Å². The second-order valence-electron chi connectivity index (χ2n) is 3.16. The van der Waals surface area contributed by atoms with E-state index in [4.69, 9.17) is 10.2 Å².